The normalized spacial score (nSPS) is 9.50. The van der Waals surface area contributed by atoms with Crippen LogP contribution in [0.4, 0.5) is 0 Å². The molecule has 0 saturated heterocycles. The first-order chi connectivity index (χ1) is 7.15. The lowest BCUT2D eigenvalue weighted by Gasteiger charge is -2.02. The van der Waals surface area contributed by atoms with Crippen molar-refractivity contribution in [3.05, 3.63) is 39.7 Å². The number of rotatable bonds is 0. The van der Waals surface area contributed by atoms with E-state index in [0.29, 0.717) is 11.0 Å². The lowest BCUT2D eigenvalue weighted by molar-refractivity contribution is 0.465. The number of hydrogen-bond donors (Lipinski definition) is 1. The fourth-order valence-electron chi connectivity index (χ4n) is 1.45. The largest absolute Gasteiger partial charge is 0.506 e. The molecule has 1 heterocycles. The fraction of sp³-hybridized carbons (Fsp3) is 0.0909. The Kier molecular flexibility index (Phi) is 2.97. The van der Waals surface area contributed by atoms with Crippen molar-refractivity contribution in [1.29, 1.82) is 5.26 Å². The Hall–Kier alpha value is -2.32. The van der Waals surface area contributed by atoms with Gasteiger partial charge >= 0.3 is 5.63 Å². The lowest BCUT2D eigenvalue weighted by atomic mass is 10.1. The van der Waals surface area contributed by atoms with Gasteiger partial charge in [0.1, 0.15) is 11.7 Å². The Labute approximate surface area is 90.5 Å². The zero-order valence-corrected chi connectivity index (χ0v) is 8.44. The third kappa shape index (κ3) is 1.51. The quantitative estimate of drug-likeness (QED) is 0.663. The maximum atomic E-state index is 11.3. The van der Waals surface area contributed by atoms with E-state index in [1.54, 1.807) is 31.2 Å². The molecule has 16 heavy (non-hydrogen) atoms. The summed E-state index contributed by atoms with van der Waals surface area (Å²) in [6.07, 6.45) is 0. The number of aryl methyl sites for hydroxylation is 1. The summed E-state index contributed by atoms with van der Waals surface area (Å²) in [5.74, 6) is -0.313. The van der Waals surface area contributed by atoms with Gasteiger partial charge in [-0.15, -0.1) is 0 Å². The number of para-hydroxylation sites is 1. The van der Waals surface area contributed by atoms with Gasteiger partial charge in [0.25, 0.3) is 0 Å². The molecule has 0 radical (unpaired) electrons. The van der Waals surface area contributed by atoms with Crippen molar-refractivity contribution < 1.29 is 15.0 Å². The highest BCUT2D eigenvalue weighted by Crippen LogP contribution is 2.27. The molecule has 0 bridgehead atoms. The molecule has 5 heteroatoms. The molecule has 0 amide bonds. The summed E-state index contributed by atoms with van der Waals surface area (Å²) in [6, 6.07) is 6.70. The Balaban J connectivity index is 0.00000128. The van der Waals surface area contributed by atoms with E-state index in [1.807, 2.05) is 0 Å². The van der Waals surface area contributed by atoms with E-state index in [-0.39, 0.29) is 16.8 Å². The molecule has 0 unspecified atom stereocenters. The summed E-state index contributed by atoms with van der Waals surface area (Å²) in [5.41, 5.74) is -0.103. The molecule has 82 valence electrons. The van der Waals surface area contributed by atoms with Crippen molar-refractivity contribution >= 4 is 11.0 Å². The minimum Gasteiger partial charge on any atom is -0.506 e. The van der Waals surface area contributed by atoms with Gasteiger partial charge in [-0.3, -0.25) is 0 Å². The van der Waals surface area contributed by atoms with Gasteiger partial charge in [-0.25, -0.2) is 4.79 Å². The van der Waals surface area contributed by atoms with Crippen LogP contribution in [0.2, 0.25) is 0 Å². The van der Waals surface area contributed by atoms with E-state index >= 15 is 0 Å². The second-order valence-corrected chi connectivity index (χ2v) is 3.18. The van der Waals surface area contributed by atoms with Crippen molar-refractivity contribution in [2.24, 2.45) is 0 Å². The third-order valence-corrected chi connectivity index (χ3v) is 2.21. The topological polar surface area (TPSA) is 106 Å². The van der Waals surface area contributed by atoms with E-state index in [4.69, 9.17) is 9.68 Å². The second kappa shape index (κ2) is 4.04. The van der Waals surface area contributed by atoms with Gasteiger partial charge in [0.2, 0.25) is 0 Å². The van der Waals surface area contributed by atoms with Crippen LogP contribution in [0.25, 0.3) is 11.0 Å². The SMILES string of the molecule is Cc1cccc2c(O)c(C#N)c(=O)oc12.O. The van der Waals surface area contributed by atoms with Gasteiger partial charge in [-0.1, -0.05) is 12.1 Å². The third-order valence-electron chi connectivity index (χ3n) is 2.21. The molecule has 0 saturated carbocycles. The number of nitriles is 1. The lowest BCUT2D eigenvalue weighted by Crippen LogP contribution is -2.04. The maximum Gasteiger partial charge on any atom is 0.358 e. The number of fused-ring (bicyclic) bond motifs is 1. The molecule has 0 aliphatic rings. The Morgan fingerprint density at radius 1 is 1.44 bits per heavy atom. The van der Waals surface area contributed by atoms with Crippen molar-refractivity contribution in [2.45, 2.75) is 6.92 Å². The number of benzene rings is 1. The van der Waals surface area contributed by atoms with Gasteiger partial charge in [-0.05, 0) is 18.6 Å². The van der Waals surface area contributed by atoms with Crippen LogP contribution in [0.15, 0.2) is 27.4 Å². The second-order valence-electron chi connectivity index (χ2n) is 3.18. The van der Waals surface area contributed by atoms with Gasteiger partial charge in [0, 0.05) is 0 Å². The minimum absolute atomic E-state index is 0. The smallest absolute Gasteiger partial charge is 0.358 e. The van der Waals surface area contributed by atoms with Crippen molar-refractivity contribution in [1.82, 2.24) is 0 Å². The van der Waals surface area contributed by atoms with Crippen molar-refractivity contribution in [3.8, 4) is 11.8 Å². The summed E-state index contributed by atoms with van der Waals surface area (Å²) in [7, 11) is 0. The average molecular weight is 219 g/mol. The molecular formula is C11H9NO4. The van der Waals surface area contributed by atoms with Crippen LogP contribution in [0, 0.1) is 18.3 Å². The van der Waals surface area contributed by atoms with Gasteiger partial charge in [0.15, 0.2) is 11.3 Å². The zero-order valence-electron chi connectivity index (χ0n) is 8.44. The van der Waals surface area contributed by atoms with Crippen LogP contribution < -0.4 is 5.63 Å². The van der Waals surface area contributed by atoms with Crippen LogP contribution in [-0.2, 0) is 0 Å². The molecule has 2 rings (SSSR count). The monoisotopic (exact) mass is 219 g/mol. The van der Waals surface area contributed by atoms with Gasteiger partial charge in [0.05, 0.1) is 5.39 Å². The van der Waals surface area contributed by atoms with Crippen LogP contribution in [0.3, 0.4) is 0 Å². The van der Waals surface area contributed by atoms with E-state index in [9.17, 15) is 9.90 Å². The van der Waals surface area contributed by atoms with E-state index < -0.39 is 5.63 Å². The van der Waals surface area contributed by atoms with Crippen LogP contribution in [0.1, 0.15) is 11.1 Å². The summed E-state index contributed by atoms with van der Waals surface area (Å²) < 4.78 is 4.96. The number of nitrogens with zero attached hydrogens (tertiary/aromatic N) is 1. The molecule has 0 fully saturated rings. The molecular weight excluding hydrogens is 210 g/mol. The highest BCUT2D eigenvalue weighted by atomic mass is 16.4. The molecule has 5 nitrogen and oxygen atoms in total. The van der Waals surface area contributed by atoms with E-state index in [2.05, 4.69) is 0 Å². The molecule has 0 aliphatic heterocycles. The first-order valence-corrected chi connectivity index (χ1v) is 4.30. The molecule has 1 aromatic carbocycles. The molecule has 0 spiro atoms. The summed E-state index contributed by atoms with van der Waals surface area (Å²) in [5, 5.41) is 18.7. The molecule has 2 aromatic rings. The first-order valence-electron chi connectivity index (χ1n) is 4.30. The van der Waals surface area contributed by atoms with Gasteiger partial charge in [-0.2, -0.15) is 5.26 Å². The Bertz CT molecular complexity index is 637. The van der Waals surface area contributed by atoms with Gasteiger partial charge < -0.3 is 15.0 Å². The summed E-state index contributed by atoms with van der Waals surface area (Å²) >= 11 is 0. The highest BCUT2D eigenvalue weighted by molar-refractivity contribution is 5.87. The predicted octanol–water partition coefficient (Wildman–Crippen LogP) is 0.854. The van der Waals surface area contributed by atoms with Crippen LogP contribution in [-0.4, -0.2) is 10.6 Å². The minimum atomic E-state index is -0.809. The van der Waals surface area contributed by atoms with E-state index in [1.165, 1.54) is 0 Å². The van der Waals surface area contributed by atoms with E-state index in [0.717, 1.165) is 5.56 Å². The Morgan fingerprint density at radius 3 is 2.75 bits per heavy atom. The number of aromatic hydroxyl groups is 1. The highest BCUT2D eigenvalue weighted by Gasteiger charge is 2.13. The molecule has 0 aliphatic carbocycles. The fourth-order valence-corrected chi connectivity index (χ4v) is 1.45. The average Bonchev–Trinajstić information content (AvgIpc) is 2.20. The molecule has 3 N–H and O–H groups in total. The Morgan fingerprint density at radius 2 is 2.12 bits per heavy atom. The first kappa shape index (κ1) is 11.8. The summed E-state index contributed by atoms with van der Waals surface area (Å²) in [4.78, 5) is 11.3. The number of hydrogen-bond acceptors (Lipinski definition) is 4. The molecule has 0 atom stereocenters. The van der Waals surface area contributed by atoms with Crippen molar-refractivity contribution in [2.75, 3.05) is 0 Å². The standard InChI is InChI=1S/C11H7NO3.H2O/c1-6-3-2-4-7-9(13)8(5-12)11(14)15-10(6)7;/h2-4,13H,1H3;1H2. The predicted molar refractivity (Wildman–Crippen MR) is 57.2 cm³/mol. The van der Waals surface area contributed by atoms with Crippen LogP contribution in [0.5, 0.6) is 5.75 Å². The van der Waals surface area contributed by atoms with Crippen molar-refractivity contribution in [3.63, 3.8) is 0 Å². The molecule has 1 aromatic heterocycles. The van der Waals surface area contributed by atoms with Crippen LogP contribution >= 0.6 is 0 Å². The maximum absolute atomic E-state index is 11.3. The summed E-state index contributed by atoms with van der Waals surface area (Å²) in [6.45, 7) is 1.76. The zero-order chi connectivity index (χ0) is 11.0.